The summed E-state index contributed by atoms with van der Waals surface area (Å²) in [4.78, 5) is 11.7. The largest absolute Gasteiger partial charge is 0.492 e. The van der Waals surface area contributed by atoms with Crippen LogP contribution in [-0.2, 0) is 17.5 Å². The second-order valence-corrected chi connectivity index (χ2v) is 7.75. The summed E-state index contributed by atoms with van der Waals surface area (Å²) in [5.74, 6) is 0.501. The van der Waals surface area contributed by atoms with Crippen LogP contribution in [0.1, 0.15) is 31.9 Å². The predicted molar refractivity (Wildman–Crippen MR) is 109 cm³/mol. The van der Waals surface area contributed by atoms with Crippen molar-refractivity contribution in [3.63, 3.8) is 0 Å². The highest BCUT2D eigenvalue weighted by Gasteiger charge is 2.30. The minimum Gasteiger partial charge on any atom is -0.492 e. The number of amides is 1. The number of rotatable bonds is 7. The van der Waals surface area contributed by atoms with Crippen LogP contribution in [0.4, 0.5) is 18.0 Å². The standard InChI is InChI=1S/C22H27F3N2O3/c1-21(2,3)30-20(28)27-8-9-29-19-11-15(14-26-4)10-17(13-19)16-6-5-7-18(12-16)22(23,24)25/h5-7,10-13,26H,8-9,14H2,1-4H3,(H,27,28). The van der Waals surface area contributed by atoms with Gasteiger partial charge in [0.1, 0.15) is 18.0 Å². The molecule has 0 aliphatic rings. The van der Waals surface area contributed by atoms with E-state index in [1.54, 1.807) is 46.0 Å². The number of hydrogen-bond donors (Lipinski definition) is 2. The van der Waals surface area contributed by atoms with E-state index in [1.165, 1.54) is 6.07 Å². The highest BCUT2D eigenvalue weighted by molar-refractivity contribution is 5.68. The first-order valence-electron chi connectivity index (χ1n) is 9.54. The van der Waals surface area contributed by atoms with Crippen LogP contribution in [0, 0.1) is 0 Å². The van der Waals surface area contributed by atoms with Gasteiger partial charge in [0.25, 0.3) is 0 Å². The Bertz CT molecular complexity index is 861. The van der Waals surface area contributed by atoms with E-state index in [4.69, 9.17) is 9.47 Å². The van der Waals surface area contributed by atoms with Gasteiger partial charge in [0, 0.05) is 6.54 Å². The monoisotopic (exact) mass is 424 g/mol. The van der Waals surface area contributed by atoms with Crippen molar-refractivity contribution in [1.82, 2.24) is 10.6 Å². The molecule has 0 spiro atoms. The molecule has 0 radical (unpaired) electrons. The fourth-order valence-corrected chi connectivity index (χ4v) is 2.73. The van der Waals surface area contributed by atoms with Gasteiger partial charge in [-0.15, -0.1) is 0 Å². The molecule has 0 atom stereocenters. The summed E-state index contributed by atoms with van der Waals surface area (Å²) in [6.07, 6.45) is -4.95. The minimum absolute atomic E-state index is 0.185. The van der Waals surface area contributed by atoms with Gasteiger partial charge in [-0.25, -0.2) is 4.79 Å². The Morgan fingerprint density at radius 3 is 2.40 bits per heavy atom. The molecule has 0 saturated carbocycles. The van der Waals surface area contributed by atoms with Gasteiger partial charge in [0.05, 0.1) is 12.1 Å². The zero-order chi connectivity index (χ0) is 22.4. The Kier molecular flexibility index (Phi) is 7.72. The van der Waals surface area contributed by atoms with Crippen molar-refractivity contribution >= 4 is 6.09 Å². The third-order valence-electron chi connectivity index (χ3n) is 3.91. The van der Waals surface area contributed by atoms with Crippen LogP contribution in [0.15, 0.2) is 42.5 Å². The van der Waals surface area contributed by atoms with Gasteiger partial charge in [-0.2, -0.15) is 13.2 Å². The van der Waals surface area contributed by atoms with Crippen molar-refractivity contribution < 1.29 is 27.4 Å². The van der Waals surface area contributed by atoms with Crippen LogP contribution in [-0.4, -0.2) is 31.9 Å². The fraction of sp³-hybridized carbons (Fsp3) is 0.409. The molecule has 0 aromatic heterocycles. The third kappa shape index (κ3) is 7.59. The molecule has 2 rings (SSSR count). The number of carbonyl (C=O) groups is 1. The molecular weight excluding hydrogens is 397 g/mol. The van der Waals surface area contributed by atoms with E-state index < -0.39 is 23.4 Å². The summed E-state index contributed by atoms with van der Waals surface area (Å²) in [6, 6.07) is 10.5. The second kappa shape index (κ2) is 9.84. The Hall–Kier alpha value is -2.74. The summed E-state index contributed by atoms with van der Waals surface area (Å²) < 4.78 is 50.0. The van der Waals surface area contributed by atoms with Crippen molar-refractivity contribution in [3.8, 4) is 16.9 Å². The highest BCUT2D eigenvalue weighted by Crippen LogP contribution is 2.33. The van der Waals surface area contributed by atoms with E-state index in [0.29, 0.717) is 23.4 Å². The Labute approximate surface area is 174 Å². The first-order chi connectivity index (χ1) is 14.0. The van der Waals surface area contributed by atoms with Crippen LogP contribution in [0.3, 0.4) is 0 Å². The number of benzene rings is 2. The predicted octanol–water partition coefficient (Wildman–Crippen LogP) is 5.00. The number of halogens is 3. The molecule has 0 aliphatic heterocycles. The average Bonchev–Trinajstić information content (AvgIpc) is 2.63. The molecule has 1 amide bonds. The van der Waals surface area contributed by atoms with Gasteiger partial charge in [-0.05, 0) is 74.8 Å². The second-order valence-electron chi connectivity index (χ2n) is 7.75. The molecule has 164 valence electrons. The van der Waals surface area contributed by atoms with Crippen molar-refractivity contribution in [2.45, 2.75) is 39.1 Å². The van der Waals surface area contributed by atoms with Crippen molar-refractivity contribution in [2.75, 3.05) is 20.2 Å². The first kappa shape index (κ1) is 23.5. The molecular formula is C22H27F3N2O3. The van der Waals surface area contributed by atoms with E-state index in [0.717, 1.165) is 17.7 Å². The summed E-state index contributed by atoms with van der Waals surface area (Å²) >= 11 is 0. The molecule has 2 N–H and O–H groups in total. The summed E-state index contributed by atoms with van der Waals surface area (Å²) in [5.41, 5.74) is 0.626. The Balaban J connectivity index is 2.12. The van der Waals surface area contributed by atoms with Crippen molar-refractivity contribution in [1.29, 1.82) is 0 Å². The highest BCUT2D eigenvalue weighted by atomic mass is 19.4. The summed E-state index contributed by atoms with van der Waals surface area (Å²) in [5, 5.41) is 5.62. The molecule has 0 unspecified atom stereocenters. The first-order valence-corrected chi connectivity index (χ1v) is 9.54. The SMILES string of the molecule is CNCc1cc(OCCNC(=O)OC(C)(C)C)cc(-c2cccc(C(F)(F)F)c2)c1. The zero-order valence-electron chi connectivity index (χ0n) is 17.5. The lowest BCUT2D eigenvalue weighted by Crippen LogP contribution is -2.34. The lowest BCUT2D eigenvalue weighted by molar-refractivity contribution is -0.137. The molecule has 5 nitrogen and oxygen atoms in total. The summed E-state index contributed by atoms with van der Waals surface area (Å²) in [7, 11) is 1.78. The lowest BCUT2D eigenvalue weighted by Gasteiger charge is -2.19. The van der Waals surface area contributed by atoms with Crippen molar-refractivity contribution in [3.05, 3.63) is 53.6 Å². The van der Waals surface area contributed by atoms with Crippen LogP contribution in [0.2, 0.25) is 0 Å². The lowest BCUT2D eigenvalue weighted by atomic mass is 10.0. The van der Waals surface area contributed by atoms with Crippen LogP contribution in [0.25, 0.3) is 11.1 Å². The van der Waals surface area contributed by atoms with Crippen LogP contribution < -0.4 is 15.4 Å². The normalized spacial score (nSPS) is 11.8. The van der Waals surface area contributed by atoms with Gasteiger partial charge in [0.15, 0.2) is 0 Å². The number of ether oxygens (including phenoxy) is 2. The Morgan fingerprint density at radius 2 is 1.77 bits per heavy atom. The van der Waals surface area contributed by atoms with E-state index >= 15 is 0 Å². The number of alkyl halides is 3. The number of hydrogen-bond acceptors (Lipinski definition) is 4. The zero-order valence-corrected chi connectivity index (χ0v) is 17.5. The quantitative estimate of drug-likeness (QED) is 0.615. The summed E-state index contributed by atoms with van der Waals surface area (Å²) in [6.45, 7) is 6.25. The van der Waals surface area contributed by atoms with Crippen LogP contribution in [0.5, 0.6) is 5.75 Å². The molecule has 2 aromatic carbocycles. The molecule has 0 saturated heterocycles. The van der Waals surface area contributed by atoms with E-state index in [2.05, 4.69) is 10.6 Å². The molecule has 0 fully saturated rings. The van der Waals surface area contributed by atoms with E-state index in [9.17, 15) is 18.0 Å². The topological polar surface area (TPSA) is 59.6 Å². The van der Waals surface area contributed by atoms with Gasteiger partial charge in [-0.1, -0.05) is 12.1 Å². The average molecular weight is 424 g/mol. The minimum atomic E-state index is -4.41. The molecule has 30 heavy (non-hydrogen) atoms. The van der Waals surface area contributed by atoms with Crippen molar-refractivity contribution in [2.24, 2.45) is 0 Å². The Morgan fingerprint density at radius 1 is 1.03 bits per heavy atom. The third-order valence-corrected chi connectivity index (χ3v) is 3.91. The van der Waals surface area contributed by atoms with Gasteiger partial charge in [-0.3, -0.25) is 0 Å². The van der Waals surface area contributed by atoms with E-state index in [-0.39, 0.29) is 13.2 Å². The smallest absolute Gasteiger partial charge is 0.416 e. The maximum absolute atomic E-state index is 13.1. The van der Waals surface area contributed by atoms with Gasteiger partial charge >= 0.3 is 12.3 Å². The maximum atomic E-state index is 13.1. The molecule has 0 heterocycles. The maximum Gasteiger partial charge on any atom is 0.416 e. The number of nitrogens with one attached hydrogen (secondary N) is 2. The van der Waals surface area contributed by atoms with Gasteiger partial charge in [0.2, 0.25) is 0 Å². The molecule has 2 aromatic rings. The number of alkyl carbamates (subject to hydrolysis) is 1. The number of carbonyl (C=O) groups excluding carboxylic acids is 1. The van der Waals surface area contributed by atoms with E-state index in [1.807, 2.05) is 6.07 Å². The fourth-order valence-electron chi connectivity index (χ4n) is 2.73. The molecule has 0 bridgehead atoms. The van der Waals surface area contributed by atoms with Crippen LogP contribution >= 0.6 is 0 Å². The molecule has 0 aliphatic carbocycles. The molecule has 8 heteroatoms. The van der Waals surface area contributed by atoms with Gasteiger partial charge < -0.3 is 20.1 Å².